The Bertz CT molecular complexity index is 426. The van der Waals surface area contributed by atoms with Crippen molar-refractivity contribution in [1.29, 1.82) is 0 Å². The summed E-state index contributed by atoms with van der Waals surface area (Å²) in [7, 11) is 0. The number of benzene rings is 1. The summed E-state index contributed by atoms with van der Waals surface area (Å²) >= 11 is 0. The average Bonchev–Trinajstić information content (AvgIpc) is 2.74. The third-order valence-electron chi connectivity index (χ3n) is 3.58. The van der Waals surface area contributed by atoms with Gasteiger partial charge in [0.05, 0.1) is 0 Å². The molecular formula is C14H20N2O2. The van der Waals surface area contributed by atoms with Crippen LogP contribution in [-0.4, -0.2) is 16.6 Å². The lowest BCUT2D eigenvalue weighted by atomic mass is 9.94. The van der Waals surface area contributed by atoms with E-state index in [1.165, 1.54) is 0 Å². The Hall–Kier alpha value is -1.55. The average molecular weight is 248 g/mol. The monoisotopic (exact) mass is 248 g/mol. The molecule has 1 aliphatic carbocycles. The van der Waals surface area contributed by atoms with E-state index < -0.39 is 0 Å². The Morgan fingerprint density at radius 3 is 2.67 bits per heavy atom. The first-order chi connectivity index (χ1) is 8.59. The predicted molar refractivity (Wildman–Crippen MR) is 70.0 cm³/mol. The lowest BCUT2D eigenvalue weighted by Crippen LogP contribution is -2.41. The summed E-state index contributed by atoms with van der Waals surface area (Å²) in [6, 6.07) is 7.00. The number of carbonyl (C=O) groups excluding carboxylic acids is 1. The quantitative estimate of drug-likeness (QED) is 0.758. The second-order valence-corrected chi connectivity index (χ2v) is 5.15. The lowest BCUT2D eigenvalue weighted by molar-refractivity contribution is -0.122. The number of amides is 1. The summed E-state index contributed by atoms with van der Waals surface area (Å²) in [5, 5.41) is 12.4. The van der Waals surface area contributed by atoms with Crippen LogP contribution in [0.4, 0.5) is 0 Å². The number of nitrogens with one attached hydrogen (secondary N) is 1. The number of hydrogen-bond acceptors (Lipinski definition) is 3. The Morgan fingerprint density at radius 2 is 2.00 bits per heavy atom. The zero-order chi connectivity index (χ0) is 13.0. The van der Waals surface area contributed by atoms with Gasteiger partial charge in [-0.2, -0.15) is 0 Å². The second kappa shape index (κ2) is 5.40. The van der Waals surface area contributed by atoms with Gasteiger partial charge in [0, 0.05) is 24.1 Å². The van der Waals surface area contributed by atoms with Crippen LogP contribution in [0, 0.1) is 0 Å². The summed E-state index contributed by atoms with van der Waals surface area (Å²) in [4.78, 5) is 11.8. The van der Waals surface area contributed by atoms with Crippen LogP contribution in [0.15, 0.2) is 24.3 Å². The molecule has 0 atom stereocenters. The Kier molecular flexibility index (Phi) is 3.87. The lowest BCUT2D eigenvalue weighted by Gasteiger charge is -2.22. The van der Waals surface area contributed by atoms with Crippen LogP contribution in [0.25, 0.3) is 0 Å². The van der Waals surface area contributed by atoms with Gasteiger partial charge in [-0.25, -0.2) is 0 Å². The van der Waals surface area contributed by atoms with Crippen molar-refractivity contribution in [3.05, 3.63) is 29.8 Å². The molecule has 4 nitrogen and oxygen atoms in total. The first-order valence-corrected chi connectivity index (χ1v) is 6.42. The number of para-hydroxylation sites is 1. The molecule has 4 heteroatoms. The minimum absolute atomic E-state index is 0.0392. The third kappa shape index (κ3) is 3.23. The van der Waals surface area contributed by atoms with Gasteiger partial charge in [0.25, 0.3) is 0 Å². The standard InChI is InChI=1S/C14H20N2O2/c15-14(7-3-4-8-14)9-13(18)16-10-11-5-1-2-6-12(11)17/h1-2,5-6,17H,3-4,7-10,15H2,(H,16,18). The van der Waals surface area contributed by atoms with Crippen LogP contribution in [0.5, 0.6) is 5.75 Å². The molecule has 1 fully saturated rings. The molecule has 18 heavy (non-hydrogen) atoms. The van der Waals surface area contributed by atoms with Gasteiger partial charge < -0.3 is 16.2 Å². The normalized spacial score (nSPS) is 17.6. The number of nitrogens with two attached hydrogens (primary N) is 1. The number of phenolic OH excluding ortho intramolecular Hbond substituents is 1. The molecule has 0 aliphatic heterocycles. The molecule has 0 saturated heterocycles. The molecule has 0 radical (unpaired) electrons. The van der Waals surface area contributed by atoms with Gasteiger partial charge in [0.15, 0.2) is 0 Å². The molecule has 0 spiro atoms. The molecule has 1 aromatic carbocycles. The maximum absolute atomic E-state index is 11.8. The molecule has 1 aliphatic rings. The number of hydrogen-bond donors (Lipinski definition) is 3. The van der Waals surface area contributed by atoms with Crippen LogP contribution >= 0.6 is 0 Å². The Balaban J connectivity index is 1.83. The van der Waals surface area contributed by atoms with E-state index in [1.54, 1.807) is 18.2 Å². The highest BCUT2D eigenvalue weighted by molar-refractivity contribution is 5.77. The van der Waals surface area contributed by atoms with Crippen LogP contribution in [0.1, 0.15) is 37.7 Å². The zero-order valence-electron chi connectivity index (χ0n) is 10.5. The predicted octanol–water partition coefficient (Wildman–Crippen LogP) is 1.67. The molecule has 0 aromatic heterocycles. The third-order valence-corrected chi connectivity index (χ3v) is 3.58. The highest BCUT2D eigenvalue weighted by Gasteiger charge is 2.31. The first kappa shape index (κ1) is 12.9. The van der Waals surface area contributed by atoms with Gasteiger partial charge >= 0.3 is 0 Å². The van der Waals surface area contributed by atoms with E-state index in [0.29, 0.717) is 13.0 Å². The molecule has 0 bridgehead atoms. The number of rotatable bonds is 4. The minimum Gasteiger partial charge on any atom is -0.508 e. The molecule has 0 heterocycles. The summed E-state index contributed by atoms with van der Waals surface area (Å²) in [6.45, 7) is 0.349. The Labute approximate surface area is 107 Å². The fourth-order valence-corrected chi connectivity index (χ4v) is 2.49. The molecule has 1 saturated carbocycles. The van der Waals surface area contributed by atoms with E-state index in [0.717, 1.165) is 31.2 Å². The smallest absolute Gasteiger partial charge is 0.222 e. The van der Waals surface area contributed by atoms with Crippen LogP contribution in [-0.2, 0) is 11.3 Å². The summed E-state index contributed by atoms with van der Waals surface area (Å²) in [6.07, 6.45) is 4.46. The molecule has 0 unspecified atom stereocenters. The van der Waals surface area contributed by atoms with Gasteiger partial charge in [-0.05, 0) is 18.9 Å². The Morgan fingerprint density at radius 1 is 1.33 bits per heavy atom. The maximum Gasteiger partial charge on any atom is 0.222 e. The number of carbonyl (C=O) groups is 1. The van der Waals surface area contributed by atoms with Crippen LogP contribution < -0.4 is 11.1 Å². The van der Waals surface area contributed by atoms with Gasteiger partial charge in [0.1, 0.15) is 5.75 Å². The van der Waals surface area contributed by atoms with E-state index in [4.69, 9.17) is 5.73 Å². The second-order valence-electron chi connectivity index (χ2n) is 5.15. The molecule has 98 valence electrons. The van der Waals surface area contributed by atoms with Gasteiger partial charge in [-0.15, -0.1) is 0 Å². The molecule has 4 N–H and O–H groups in total. The number of phenols is 1. The maximum atomic E-state index is 11.8. The van der Waals surface area contributed by atoms with E-state index in [2.05, 4.69) is 5.32 Å². The largest absolute Gasteiger partial charge is 0.508 e. The van der Waals surface area contributed by atoms with Crippen molar-refractivity contribution in [2.75, 3.05) is 0 Å². The van der Waals surface area contributed by atoms with Crippen molar-refractivity contribution < 1.29 is 9.90 Å². The highest BCUT2D eigenvalue weighted by Crippen LogP contribution is 2.29. The van der Waals surface area contributed by atoms with Crippen LogP contribution in [0.2, 0.25) is 0 Å². The first-order valence-electron chi connectivity index (χ1n) is 6.42. The van der Waals surface area contributed by atoms with E-state index in [-0.39, 0.29) is 17.2 Å². The van der Waals surface area contributed by atoms with E-state index in [9.17, 15) is 9.90 Å². The minimum atomic E-state index is -0.317. The van der Waals surface area contributed by atoms with E-state index >= 15 is 0 Å². The summed E-state index contributed by atoms with van der Waals surface area (Å²) in [5.74, 6) is 0.170. The van der Waals surface area contributed by atoms with E-state index in [1.807, 2.05) is 6.07 Å². The van der Waals surface area contributed by atoms with Crippen molar-refractivity contribution in [2.45, 2.75) is 44.2 Å². The number of aromatic hydroxyl groups is 1. The van der Waals surface area contributed by atoms with Crippen molar-refractivity contribution in [2.24, 2.45) is 5.73 Å². The van der Waals surface area contributed by atoms with Gasteiger partial charge in [0.2, 0.25) is 5.91 Å². The summed E-state index contributed by atoms with van der Waals surface area (Å²) < 4.78 is 0. The summed E-state index contributed by atoms with van der Waals surface area (Å²) in [5.41, 5.74) is 6.56. The van der Waals surface area contributed by atoms with Crippen LogP contribution in [0.3, 0.4) is 0 Å². The molecular weight excluding hydrogens is 228 g/mol. The SMILES string of the molecule is NC1(CC(=O)NCc2ccccc2O)CCCC1. The fraction of sp³-hybridized carbons (Fsp3) is 0.500. The van der Waals surface area contributed by atoms with Crippen molar-refractivity contribution in [3.8, 4) is 5.75 Å². The zero-order valence-corrected chi connectivity index (χ0v) is 10.5. The molecule has 2 rings (SSSR count). The van der Waals surface area contributed by atoms with Crippen molar-refractivity contribution in [3.63, 3.8) is 0 Å². The molecule has 1 amide bonds. The van der Waals surface area contributed by atoms with Crippen molar-refractivity contribution >= 4 is 5.91 Å². The highest BCUT2D eigenvalue weighted by atomic mass is 16.3. The van der Waals surface area contributed by atoms with Gasteiger partial charge in [-0.3, -0.25) is 4.79 Å². The topological polar surface area (TPSA) is 75.4 Å². The fourth-order valence-electron chi connectivity index (χ4n) is 2.49. The van der Waals surface area contributed by atoms with Crippen molar-refractivity contribution in [1.82, 2.24) is 5.32 Å². The molecule has 1 aromatic rings. The van der Waals surface area contributed by atoms with Gasteiger partial charge in [-0.1, -0.05) is 31.0 Å².